The van der Waals surface area contributed by atoms with Gasteiger partial charge in [-0.25, -0.2) is 4.98 Å². The number of nitrogens with zero attached hydrogens (tertiary/aromatic N) is 1. The fourth-order valence-corrected chi connectivity index (χ4v) is 1.90. The molecule has 0 unspecified atom stereocenters. The van der Waals surface area contributed by atoms with E-state index in [1.807, 2.05) is 0 Å². The topological polar surface area (TPSA) is 85.4 Å². The number of aliphatic hydroxyl groups is 1. The molecule has 1 aliphatic heterocycles. The average molecular weight is 236 g/mol. The molecule has 0 saturated heterocycles. The van der Waals surface area contributed by atoms with Crippen LogP contribution in [0.4, 0.5) is 0 Å². The van der Waals surface area contributed by atoms with E-state index >= 15 is 0 Å². The molecule has 5 heteroatoms. The monoisotopic (exact) mass is 236 g/mol. The number of ketones is 1. The summed E-state index contributed by atoms with van der Waals surface area (Å²) in [6.07, 6.45) is 0.626. The van der Waals surface area contributed by atoms with Crippen molar-refractivity contribution in [1.82, 2.24) is 4.98 Å². The lowest BCUT2D eigenvalue weighted by molar-refractivity contribution is -0.0601. The van der Waals surface area contributed by atoms with Gasteiger partial charge in [0.15, 0.2) is 5.78 Å². The number of Topliss-reactive ketones (excluding diaryl/α,β-unsaturated/α-hetero) is 1. The summed E-state index contributed by atoms with van der Waals surface area (Å²) in [6.45, 7) is 4.96. The van der Waals surface area contributed by atoms with Crippen LogP contribution in [0.1, 0.15) is 42.7 Å². The van der Waals surface area contributed by atoms with Gasteiger partial charge < -0.3 is 15.6 Å². The van der Waals surface area contributed by atoms with Crippen molar-refractivity contribution in [3.8, 4) is 5.88 Å². The fraction of sp³-hybridized carbons (Fsp3) is 0.500. The highest BCUT2D eigenvalue weighted by atomic mass is 16.5. The Bertz CT molecular complexity index is 471. The molecule has 0 aliphatic carbocycles. The molecule has 1 aliphatic rings. The third-order valence-electron chi connectivity index (χ3n) is 3.06. The lowest BCUT2D eigenvalue weighted by atomic mass is 9.88. The van der Waals surface area contributed by atoms with E-state index in [-0.39, 0.29) is 5.78 Å². The number of carbonyl (C=O) groups is 1. The van der Waals surface area contributed by atoms with Crippen molar-refractivity contribution in [3.05, 3.63) is 23.4 Å². The zero-order valence-electron chi connectivity index (χ0n) is 10.1. The molecule has 2 atom stereocenters. The van der Waals surface area contributed by atoms with Crippen molar-refractivity contribution in [2.24, 2.45) is 5.73 Å². The van der Waals surface area contributed by atoms with Crippen molar-refractivity contribution in [2.45, 2.75) is 38.5 Å². The summed E-state index contributed by atoms with van der Waals surface area (Å²) in [4.78, 5) is 15.3. The first-order chi connectivity index (χ1) is 7.83. The predicted octanol–water partition coefficient (Wildman–Crippen LogP) is 0.816. The highest BCUT2D eigenvalue weighted by molar-refractivity contribution is 5.94. The third-order valence-corrected chi connectivity index (χ3v) is 3.06. The average Bonchev–Trinajstić information content (AvgIpc) is 2.25. The number of ether oxygens (including phenoxy) is 1. The summed E-state index contributed by atoms with van der Waals surface area (Å²) in [5.74, 6) is 0.296. The minimum Gasteiger partial charge on any atom is -0.469 e. The first-order valence-corrected chi connectivity index (χ1v) is 5.46. The molecule has 3 N–H and O–H groups in total. The number of aromatic nitrogens is 1. The Morgan fingerprint density at radius 1 is 1.59 bits per heavy atom. The molecule has 2 heterocycles. The number of hydrogen-bond acceptors (Lipinski definition) is 5. The first kappa shape index (κ1) is 12.0. The van der Waals surface area contributed by atoms with E-state index in [0.717, 1.165) is 0 Å². The molecule has 2 rings (SSSR count). The van der Waals surface area contributed by atoms with Crippen LogP contribution >= 0.6 is 0 Å². The summed E-state index contributed by atoms with van der Waals surface area (Å²) >= 11 is 0. The molecular weight excluding hydrogens is 220 g/mol. The van der Waals surface area contributed by atoms with Crippen LogP contribution in [0.5, 0.6) is 5.88 Å². The smallest absolute Gasteiger partial charge is 0.218 e. The van der Waals surface area contributed by atoms with Gasteiger partial charge in [-0.15, -0.1) is 0 Å². The molecule has 92 valence electrons. The van der Waals surface area contributed by atoms with E-state index in [2.05, 4.69) is 4.98 Å². The van der Waals surface area contributed by atoms with Gasteiger partial charge in [0.25, 0.3) is 0 Å². The van der Waals surface area contributed by atoms with Gasteiger partial charge in [-0.2, -0.15) is 0 Å². The minimum atomic E-state index is -0.834. The number of nitrogens with two attached hydrogens (primary N) is 1. The first-order valence-electron chi connectivity index (χ1n) is 5.46. The van der Waals surface area contributed by atoms with Crippen LogP contribution in [-0.4, -0.2) is 27.6 Å². The van der Waals surface area contributed by atoms with Crippen LogP contribution < -0.4 is 10.5 Å². The van der Waals surface area contributed by atoms with Gasteiger partial charge in [-0.1, -0.05) is 0 Å². The lowest BCUT2D eigenvalue weighted by Crippen LogP contribution is -2.51. The molecule has 17 heavy (non-hydrogen) atoms. The molecular formula is C12H16N2O3. The number of carbonyl (C=O) groups excluding carboxylic acids is 1. The van der Waals surface area contributed by atoms with Gasteiger partial charge in [0, 0.05) is 17.3 Å². The highest BCUT2D eigenvalue weighted by Crippen LogP contribution is 2.37. The molecule has 0 saturated carbocycles. The lowest BCUT2D eigenvalue weighted by Gasteiger charge is -2.39. The highest BCUT2D eigenvalue weighted by Gasteiger charge is 2.42. The van der Waals surface area contributed by atoms with Gasteiger partial charge >= 0.3 is 0 Å². The SMILES string of the molecule is CC(=O)c1cnc2c(c1)[C@@H](N)[C@H](O)C(C)(C)O2. The van der Waals surface area contributed by atoms with Gasteiger partial charge in [0.05, 0.1) is 6.04 Å². The molecule has 0 fully saturated rings. The standard InChI is InChI=1S/C12H16N2O3/c1-6(15)7-4-8-9(13)10(16)12(2,3)17-11(8)14-5-7/h4-5,9-10,16H,13H2,1-3H3/t9-,10+/m1/s1. The largest absolute Gasteiger partial charge is 0.469 e. The van der Waals surface area contributed by atoms with E-state index < -0.39 is 17.7 Å². The van der Waals surface area contributed by atoms with E-state index in [4.69, 9.17) is 10.5 Å². The van der Waals surface area contributed by atoms with Crippen LogP contribution in [-0.2, 0) is 0 Å². The quantitative estimate of drug-likeness (QED) is 0.705. The van der Waals surface area contributed by atoms with Crippen molar-refractivity contribution >= 4 is 5.78 Å². The second kappa shape index (κ2) is 3.78. The van der Waals surface area contributed by atoms with Gasteiger partial charge in [0.2, 0.25) is 5.88 Å². The Labute approximate surface area is 99.6 Å². The molecule has 1 aromatic heterocycles. The Hall–Kier alpha value is -1.46. The van der Waals surface area contributed by atoms with Crippen LogP contribution in [0.15, 0.2) is 12.3 Å². The molecule has 1 aromatic rings. The molecule has 5 nitrogen and oxygen atoms in total. The summed E-state index contributed by atoms with van der Waals surface area (Å²) in [5, 5.41) is 10.0. The fourth-order valence-electron chi connectivity index (χ4n) is 1.90. The zero-order valence-corrected chi connectivity index (χ0v) is 10.1. The van der Waals surface area contributed by atoms with Gasteiger partial charge in [0.1, 0.15) is 11.7 Å². The minimum absolute atomic E-state index is 0.0909. The van der Waals surface area contributed by atoms with E-state index in [1.54, 1.807) is 19.9 Å². The third kappa shape index (κ3) is 1.92. The van der Waals surface area contributed by atoms with Gasteiger partial charge in [-0.3, -0.25) is 4.79 Å². The molecule has 0 amide bonds. The maximum absolute atomic E-state index is 11.3. The number of hydrogen-bond donors (Lipinski definition) is 2. The van der Waals surface area contributed by atoms with Crippen molar-refractivity contribution in [2.75, 3.05) is 0 Å². The normalized spacial score (nSPS) is 25.9. The second-order valence-corrected chi connectivity index (χ2v) is 4.85. The van der Waals surface area contributed by atoms with Crippen LogP contribution in [0.3, 0.4) is 0 Å². The maximum atomic E-state index is 11.3. The predicted molar refractivity (Wildman–Crippen MR) is 61.9 cm³/mol. The van der Waals surface area contributed by atoms with E-state index in [9.17, 15) is 9.90 Å². The second-order valence-electron chi connectivity index (χ2n) is 4.85. The van der Waals surface area contributed by atoms with Crippen LogP contribution in [0.2, 0.25) is 0 Å². The summed E-state index contributed by atoms with van der Waals surface area (Å²) in [5.41, 5.74) is 6.21. The van der Waals surface area contributed by atoms with E-state index in [0.29, 0.717) is 17.0 Å². The summed E-state index contributed by atoms with van der Waals surface area (Å²) in [6, 6.07) is 1.04. The van der Waals surface area contributed by atoms with Crippen molar-refractivity contribution < 1.29 is 14.6 Å². The number of aliphatic hydroxyl groups excluding tert-OH is 1. The Morgan fingerprint density at radius 2 is 2.24 bits per heavy atom. The van der Waals surface area contributed by atoms with Gasteiger partial charge in [-0.05, 0) is 26.8 Å². The molecule has 0 spiro atoms. The Balaban J connectivity index is 2.50. The molecule has 0 bridgehead atoms. The summed E-state index contributed by atoms with van der Waals surface area (Å²) < 4.78 is 5.58. The number of fused-ring (bicyclic) bond motifs is 1. The Morgan fingerprint density at radius 3 is 2.82 bits per heavy atom. The Kier molecular flexibility index (Phi) is 2.67. The van der Waals surface area contributed by atoms with Crippen molar-refractivity contribution in [3.63, 3.8) is 0 Å². The number of rotatable bonds is 1. The van der Waals surface area contributed by atoms with E-state index in [1.165, 1.54) is 13.1 Å². The maximum Gasteiger partial charge on any atom is 0.218 e. The number of pyridine rings is 1. The van der Waals surface area contributed by atoms with Crippen LogP contribution in [0, 0.1) is 0 Å². The molecule has 0 radical (unpaired) electrons. The van der Waals surface area contributed by atoms with Crippen LogP contribution in [0.25, 0.3) is 0 Å². The summed E-state index contributed by atoms with van der Waals surface area (Å²) in [7, 11) is 0. The molecule has 0 aromatic carbocycles. The van der Waals surface area contributed by atoms with Crippen molar-refractivity contribution in [1.29, 1.82) is 0 Å². The zero-order chi connectivity index (χ0) is 12.8.